The number of nitrogens with one attached hydrogen (secondary N) is 1. The topological polar surface area (TPSA) is 58.4 Å². The maximum absolute atomic E-state index is 12.6. The van der Waals surface area contributed by atoms with Gasteiger partial charge in [-0.3, -0.25) is 9.69 Å². The summed E-state index contributed by atoms with van der Waals surface area (Å²) in [6.07, 6.45) is 8.81. The van der Waals surface area contributed by atoms with Crippen LogP contribution in [0.15, 0.2) is 30.3 Å². The lowest BCUT2D eigenvalue weighted by Crippen LogP contribution is -2.51. The van der Waals surface area contributed by atoms with Crippen LogP contribution in [0.1, 0.15) is 56.9 Å². The zero-order valence-electron chi connectivity index (χ0n) is 15.9. The first kappa shape index (κ1) is 22.5. The van der Waals surface area contributed by atoms with Crippen LogP contribution in [-0.4, -0.2) is 35.0 Å². The second-order valence-corrected chi connectivity index (χ2v) is 8.34. The summed E-state index contributed by atoms with van der Waals surface area (Å²) in [5.41, 5.74) is 7.46. The predicted molar refractivity (Wildman–Crippen MR) is 114 cm³/mol. The monoisotopic (exact) mass is 413 g/mol. The summed E-state index contributed by atoms with van der Waals surface area (Å²) >= 11 is 0. The van der Waals surface area contributed by atoms with E-state index in [0.717, 1.165) is 45.1 Å². The number of fused-ring (bicyclic) bond motifs is 2. The molecule has 27 heavy (non-hydrogen) atoms. The molecule has 1 amide bonds. The highest BCUT2D eigenvalue weighted by atomic mass is 35.5. The highest BCUT2D eigenvalue weighted by Gasteiger charge is 2.41. The van der Waals surface area contributed by atoms with E-state index < -0.39 is 0 Å². The van der Waals surface area contributed by atoms with Gasteiger partial charge in [0.05, 0.1) is 0 Å². The Labute approximate surface area is 175 Å². The molecule has 4 atom stereocenters. The standard InChI is InChI=1S/C21H31N3O.2ClH/c22-17-8-4-7-16(11-17)21(25)23-18-12-19-9-10-20(13-18)24(19)14-15-5-2-1-3-6-15;;/h1-3,5-6,16-20H,4,7-14,22H2,(H,23,25);2*1H. The van der Waals surface area contributed by atoms with E-state index in [1.807, 2.05) is 0 Å². The number of nitrogens with two attached hydrogens (primary N) is 1. The van der Waals surface area contributed by atoms with Gasteiger partial charge in [-0.15, -0.1) is 24.8 Å². The summed E-state index contributed by atoms with van der Waals surface area (Å²) in [4.78, 5) is 15.3. The summed E-state index contributed by atoms with van der Waals surface area (Å²) < 4.78 is 0. The van der Waals surface area contributed by atoms with E-state index in [9.17, 15) is 4.79 Å². The Morgan fingerprint density at radius 1 is 1.00 bits per heavy atom. The zero-order chi connectivity index (χ0) is 17.2. The third-order valence-corrected chi connectivity index (χ3v) is 6.52. The van der Waals surface area contributed by atoms with Crippen LogP contribution < -0.4 is 11.1 Å². The second-order valence-electron chi connectivity index (χ2n) is 8.34. The normalized spacial score (nSPS) is 32.9. The molecule has 3 N–H and O–H groups in total. The SMILES string of the molecule is Cl.Cl.NC1CCCC(C(=O)NC2CC3CCC(C2)N3Cc2ccccc2)C1. The Bertz CT molecular complexity index is 586. The highest BCUT2D eigenvalue weighted by molar-refractivity contribution is 5.85. The molecule has 3 aliphatic rings. The molecule has 3 fully saturated rings. The third-order valence-electron chi connectivity index (χ3n) is 6.52. The summed E-state index contributed by atoms with van der Waals surface area (Å²) in [6, 6.07) is 12.6. The van der Waals surface area contributed by atoms with Gasteiger partial charge < -0.3 is 11.1 Å². The van der Waals surface area contributed by atoms with E-state index in [-0.39, 0.29) is 42.7 Å². The molecule has 1 aliphatic carbocycles. The molecular weight excluding hydrogens is 381 g/mol. The summed E-state index contributed by atoms with van der Waals surface area (Å²) in [5, 5.41) is 3.37. The molecule has 0 aromatic heterocycles. The smallest absolute Gasteiger partial charge is 0.223 e. The van der Waals surface area contributed by atoms with Crippen LogP contribution in [0.4, 0.5) is 0 Å². The van der Waals surface area contributed by atoms with Crippen LogP contribution in [-0.2, 0) is 11.3 Å². The number of piperidine rings is 1. The van der Waals surface area contributed by atoms with E-state index >= 15 is 0 Å². The Morgan fingerprint density at radius 3 is 2.30 bits per heavy atom. The first-order chi connectivity index (χ1) is 12.2. The molecule has 6 heteroatoms. The lowest BCUT2D eigenvalue weighted by molar-refractivity contribution is -0.127. The Hall–Kier alpha value is -0.810. The van der Waals surface area contributed by atoms with Gasteiger partial charge >= 0.3 is 0 Å². The van der Waals surface area contributed by atoms with Crippen LogP contribution in [0.3, 0.4) is 0 Å². The molecule has 2 aliphatic heterocycles. The summed E-state index contributed by atoms with van der Waals surface area (Å²) in [6.45, 7) is 1.05. The fourth-order valence-electron chi connectivity index (χ4n) is 5.23. The van der Waals surface area contributed by atoms with Gasteiger partial charge in [0.2, 0.25) is 5.91 Å². The average Bonchev–Trinajstić information content (AvgIpc) is 2.85. The molecule has 1 aromatic carbocycles. The van der Waals surface area contributed by atoms with Crippen LogP contribution in [0.25, 0.3) is 0 Å². The van der Waals surface area contributed by atoms with Gasteiger partial charge in [0.15, 0.2) is 0 Å². The lowest BCUT2D eigenvalue weighted by Gasteiger charge is -2.40. The molecule has 4 rings (SSSR count). The van der Waals surface area contributed by atoms with Crippen molar-refractivity contribution in [1.82, 2.24) is 10.2 Å². The van der Waals surface area contributed by atoms with Gasteiger partial charge in [0, 0.05) is 36.6 Å². The number of nitrogens with zero attached hydrogens (tertiary/aromatic N) is 1. The minimum absolute atomic E-state index is 0. The molecule has 1 aromatic rings. The maximum Gasteiger partial charge on any atom is 0.223 e. The van der Waals surface area contributed by atoms with Gasteiger partial charge in [-0.1, -0.05) is 36.8 Å². The molecule has 4 nitrogen and oxygen atoms in total. The number of rotatable bonds is 4. The van der Waals surface area contributed by atoms with Crippen molar-refractivity contribution in [1.29, 1.82) is 0 Å². The van der Waals surface area contributed by atoms with Crippen molar-refractivity contribution in [3.63, 3.8) is 0 Å². The minimum atomic E-state index is 0. The number of halogens is 2. The second kappa shape index (κ2) is 10.1. The molecule has 2 bridgehead atoms. The summed E-state index contributed by atoms with van der Waals surface area (Å²) in [7, 11) is 0. The fourth-order valence-corrected chi connectivity index (χ4v) is 5.23. The van der Waals surface area contributed by atoms with Crippen molar-refractivity contribution < 1.29 is 4.79 Å². The van der Waals surface area contributed by atoms with Gasteiger partial charge in [-0.05, 0) is 50.5 Å². The highest BCUT2D eigenvalue weighted by Crippen LogP contribution is 2.37. The van der Waals surface area contributed by atoms with Gasteiger partial charge in [-0.25, -0.2) is 0 Å². The van der Waals surface area contributed by atoms with Crippen molar-refractivity contribution in [2.75, 3.05) is 0 Å². The van der Waals surface area contributed by atoms with Gasteiger partial charge in [-0.2, -0.15) is 0 Å². The van der Waals surface area contributed by atoms with Crippen molar-refractivity contribution in [2.24, 2.45) is 11.7 Å². The van der Waals surface area contributed by atoms with Crippen LogP contribution in [0, 0.1) is 5.92 Å². The summed E-state index contributed by atoms with van der Waals surface area (Å²) in [5.74, 6) is 0.403. The lowest BCUT2D eigenvalue weighted by atomic mass is 9.85. The number of hydrogen-bond acceptors (Lipinski definition) is 3. The number of hydrogen-bond donors (Lipinski definition) is 2. The number of benzene rings is 1. The molecule has 2 saturated heterocycles. The molecule has 4 unspecified atom stereocenters. The fraction of sp³-hybridized carbons (Fsp3) is 0.667. The number of amides is 1. The van der Waals surface area contributed by atoms with Gasteiger partial charge in [0.1, 0.15) is 0 Å². The predicted octanol–water partition coefficient (Wildman–Crippen LogP) is 3.66. The average molecular weight is 414 g/mol. The van der Waals surface area contributed by atoms with Gasteiger partial charge in [0.25, 0.3) is 0 Å². The van der Waals surface area contributed by atoms with E-state index in [0.29, 0.717) is 18.1 Å². The maximum atomic E-state index is 12.6. The third kappa shape index (κ3) is 5.38. The first-order valence-corrected chi connectivity index (χ1v) is 10.0. The molecule has 0 radical (unpaired) electrons. The first-order valence-electron chi connectivity index (χ1n) is 10.0. The molecule has 152 valence electrons. The Morgan fingerprint density at radius 2 is 1.67 bits per heavy atom. The molecule has 0 spiro atoms. The Balaban J connectivity index is 0.00000131. The van der Waals surface area contributed by atoms with E-state index in [2.05, 4.69) is 40.5 Å². The minimum Gasteiger partial charge on any atom is -0.353 e. The van der Waals surface area contributed by atoms with Crippen molar-refractivity contribution in [3.8, 4) is 0 Å². The molecule has 1 saturated carbocycles. The molecule has 2 heterocycles. The van der Waals surface area contributed by atoms with Crippen molar-refractivity contribution in [3.05, 3.63) is 35.9 Å². The van der Waals surface area contributed by atoms with E-state index in [4.69, 9.17) is 5.73 Å². The quantitative estimate of drug-likeness (QED) is 0.791. The molecular formula is C21H33Cl2N3O. The number of carbonyl (C=O) groups excluding carboxylic acids is 1. The van der Waals surface area contributed by atoms with Crippen LogP contribution >= 0.6 is 24.8 Å². The van der Waals surface area contributed by atoms with Crippen molar-refractivity contribution in [2.45, 2.75) is 82.1 Å². The van der Waals surface area contributed by atoms with Crippen molar-refractivity contribution >= 4 is 30.7 Å². The van der Waals surface area contributed by atoms with E-state index in [1.165, 1.54) is 18.4 Å². The Kier molecular flexibility index (Phi) is 8.41. The van der Waals surface area contributed by atoms with Crippen LogP contribution in [0.2, 0.25) is 0 Å². The number of carbonyl (C=O) groups is 1. The largest absolute Gasteiger partial charge is 0.353 e. The van der Waals surface area contributed by atoms with E-state index in [1.54, 1.807) is 0 Å². The van der Waals surface area contributed by atoms with Crippen LogP contribution in [0.5, 0.6) is 0 Å². The zero-order valence-corrected chi connectivity index (χ0v) is 17.5.